The Bertz CT molecular complexity index is 1590. The van der Waals surface area contributed by atoms with E-state index in [-0.39, 0.29) is 0 Å². The lowest BCUT2D eigenvalue weighted by Gasteiger charge is -2.13. The molecule has 4 heterocycles. The second-order valence-electron chi connectivity index (χ2n) is 8.35. The highest BCUT2D eigenvalue weighted by Crippen LogP contribution is 2.35. The van der Waals surface area contributed by atoms with Gasteiger partial charge in [0.05, 0.1) is 23.1 Å². The Balaban J connectivity index is 1.48. The minimum absolute atomic E-state index is 0.900. The Kier molecular flexibility index (Phi) is 4.43. The summed E-state index contributed by atoms with van der Waals surface area (Å²) >= 11 is 0. The van der Waals surface area contributed by atoms with Crippen LogP contribution in [0, 0.1) is 0 Å². The molecule has 0 atom stereocenters. The minimum Gasteiger partial charge on any atom is -0.376 e. The Morgan fingerprint density at radius 3 is 2.48 bits per heavy atom. The van der Waals surface area contributed by atoms with Crippen molar-refractivity contribution in [2.75, 3.05) is 19.0 Å². The number of aromatic amines is 2. The number of benzene rings is 2. The van der Waals surface area contributed by atoms with Crippen molar-refractivity contribution in [3.63, 3.8) is 0 Å². The summed E-state index contributed by atoms with van der Waals surface area (Å²) in [7, 11) is 4.04. The molecule has 2 aromatic carbocycles. The van der Waals surface area contributed by atoms with Crippen LogP contribution in [-0.4, -0.2) is 39.2 Å². The van der Waals surface area contributed by atoms with Crippen molar-refractivity contribution in [1.29, 1.82) is 0 Å². The summed E-state index contributed by atoms with van der Waals surface area (Å²) in [5, 5.41) is 10.0. The highest BCUT2D eigenvalue weighted by atomic mass is 15.1. The number of hydrogen-bond acceptors (Lipinski definition) is 4. The summed E-state index contributed by atoms with van der Waals surface area (Å²) in [6.45, 7) is 0. The Morgan fingerprint density at radius 2 is 1.64 bits per heavy atom. The summed E-state index contributed by atoms with van der Waals surface area (Å²) in [6.07, 6.45) is 7.46. The molecule has 0 aliphatic rings. The maximum atomic E-state index is 4.65. The van der Waals surface area contributed by atoms with Gasteiger partial charge in [-0.2, -0.15) is 5.10 Å². The van der Waals surface area contributed by atoms with Crippen LogP contribution in [0.1, 0.15) is 0 Å². The maximum absolute atomic E-state index is 4.65. The molecule has 0 saturated carbocycles. The third-order valence-corrected chi connectivity index (χ3v) is 6.03. The van der Waals surface area contributed by atoms with Gasteiger partial charge in [0.15, 0.2) is 0 Å². The van der Waals surface area contributed by atoms with Gasteiger partial charge in [-0.25, -0.2) is 0 Å². The number of hydrogen-bond donors (Lipinski definition) is 2. The summed E-state index contributed by atoms with van der Waals surface area (Å²) < 4.78 is 0. The molecule has 0 aliphatic carbocycles. The van der Waals surface area contributed by atoms with Crippen LogP contribution in [0.4, 0.5) is 5.69 Å². The average molecular weight is 431 g/mol. The third-order valence-electron chi connectivity index (χ3n) is 6.03. The number of rotatable bonds is 4. The van der Waals surface area contributed by atoms with Gasteiger partial charge < -0.3 is 9.88 Å². The lowest BCUT2D eigenvalue weighted by molar-refractivity contribution is 1.11. The van der Waals surface area contributed by atoms with Gasteiger partial charge in [0.25, 0.3) is 0 Å². The SMILES string of the molecule is CN(C)c1cncc(-c2ccc3[nH]nc(-c4cc5c(-c6cccnc6)cccc5[nH]4)c3c2)c1. The average Bonchev–Trinajstić information content (AvgIpc) is 3.48. The van der Waals surface area contributed by atoms with E-state index in [2.05, 4.69) is 84.6 Å². The lowest BCUT2D eigenvalue weighted by Crippen LogP contribution is -2.08. The van der Waals surface area contributed by atoms with Gasteiger partial charge in [-0.1, -0.05) is 24.3 Å². The first-order valence-corrected chi connectivity index (χ1v) is 10.8. The number of fused-ring (bicyclic) bond motifs is 2. The minimum atomic E-state index is 0.900. The molecule has 6 rings (SSSR count). The van der Waals surface area contributed by atoms with Gasteiger partial charge in [-0.05, 0) is 47.5 Å². The number of H-pyrrole nitrogens is 2. The zero-order valence-electron chi connectivity index (χ0n) is 18.4. The van der Waals surface area contributed by atoms with E-state index in [9.17, 15) is 0 Å². The molecule has 6 heteroatoms. The van der Waals surface area contributed by atoms with Gasteiger partial charge in [-0.15, -0.1) is 0 Å². The molecule has 4 aromatic heterocycles. The molecule has 0 fully saturated rings. The molecule has 0 radical (unpaired) electrons. The van der Waals surface area contributed by atoms with E-state index >= 15 is 0 Å². The second kappa shape index (κ2) is 7.60. The Hall–Kier alpha value is -4.45. The van der Waals surface area contributed by atoms with Crippen LogP contribution in [0.3, 0.4) is 0 Å². The van der Waals surface area contributed by atoms with Gasteiger partial charge in [0, 0.05) is 60.1 Å². The number of nitrogens with zero attached hydrogens (tertiary/aromatic N) is 4. The van der Waals surface area contributed by atoms with Crippen LogP contribution in [0.25, 0.3) is 55.4 Å². The molecular weight excluding hydrogens is 408 g/mol. The molecule has 33 heavy (non-hydrogen) atoms. The number of anilines is 1. The number of aromatic nitrogens is 5. The molecule has 0 saturated heterocycles. The summed E-state index contributed by atoms with van der Waals surface area (Å²) in [4.78, 5) is 14.3. The zero-order valence-corrected chi connectivity index (χ0v) is 18.4. The first-order chi connectivity index (χ1) is 16.2. The number of nitrogens with one attached hydrogen (secondary N) is 2. The predicted octanol–water partition coefficient (Wildman–Crippen LogP) is 5.90. The van der Waals surface area contributed by atoms with Crippen molar-refractivity contribution >= 4 is 27.5 Å². The highest BCUT2D eigenvalue weighted by Gasteiger charge is 2.14. The normalized spacial score (nSPS) is 11.3. The van der Waals surface area contributed by atoms with Crippen LogP contribution in [0.5, 0.6) is 0 Å². The quantitative estimate of drug-likeness (QED) is 0.365. The van der Waals surface area contributed by atoms with Gasteiger partial charge in [-0.3, -0.25) is 15.1 Å². The summed E-state index contributed by atoms with van der Waals surface area (Å²) in [5.41, 5.74) is 9.43. The predicted molar refractivity (Wildman–Crippen MR) is 134 cm³/mol. The largest absolute Gasteiger partial charge is 0.376 e. The highest BCUT2D eigenvalue weighted by molar-refractivity contribution is 6.01. The second-order valence-corrected chi connectivity index (χ2v) is 8.35. The fraction of sp³-hybridized carbons (Fsp3) is 0.0741. The van der Waals surface area contributed by atoms with E-state index in [1.807, 2.05) is 38.8 Å². The molecule has 6 nitrogen and oxygen atoms in total. The van der Waals surface area contributed by atoms with Gasteiger partial charge >= 0.3 is 0 Å². The topological polar surface area (TPSA) is 73.5 Å². The van der Waals surface area contributed by atoms with Crippen LogP contribution in [-0.2, 0) is 0 Å². The molecule has 0 spiro atoms. The first-order valence-electron chi connectivity index (χ1n) is 10.8. The first kappa shape index (κ1) is 19.3. The zero-order chi connectivity index (χ0) is 22.4. The van der Waals surface area contributed by atoms with E-state index in [1.165, 1.54) is 0 Å². The molecule has 0 aliphatic heterocycles. The van der Waals surface area contributed by atoms with Crippen LogP contribution >= 0.6 is 0 Å². The van der Waals surface area contributed by atoms with Crippen LogP contribution < -0.4 is 4.90 Å². The van der Waals surface area contributed by atoms with E-state index in [1.54, 1.807) is 6.20 Å². The molecule has 0 unspecified atom stereocenters. The fourth-order valence-electron chi connectivity index (χ4n) is 4.29. The molecule has 160 valence electrons. The van der Waals surface area contributed by atoms with E-state index in [0.717, 1.165) is 61.1 Å². The van der Waals surface area contributed by atoms with Crippen molar-refractivity contribution in [3.05, 3.63) is 85.5 Å². The molecule has 2 N–H and O–H groups in total. The van der Waals surface area contributed by atoms with Crippen molar-refractivity contribution in [2.45, 2.75) is 0 Å². The Labute approximate surface area is 191 Å². The fourth-order valence-corrected chi connectivity index (χ4v) is 4.29. The van der Waals surface area contributed by atoms with E-state index in [0.29, 0.717) is 0 Å². The van der Waals surface area contributed by atoms with Crippen molar-refractivity contribution < 1.29 is 0 Å². The van der Waals surface area contributed by atoms with Crippen LogP contribution in [0.15, 0.2) is 85.5 Å². The van der Waals surface area contributed by atoms with E-state index < -0.39 is 0 Å². The molecule has 0 bridgehead atoms. The Morgan fingerprint density at radius 1 is 0.727 bits per heavy atom. The van der Waals surface area contributed by atoms with Crippen molar-refractivity contribution in [1.82, 2.24) is 25.1 Å². The standard InChI is InChI=1S/C27H22N6/c1-33(2)20-11-19(15-29-16-20)17-8-9-25-23(12-17)27(32-31-25)26-13-22-21(6-3-7-24(22)30-26)18-5-4-10-28-14-18/h3-16,30H,1-2H3,(H,31,32). The number of pyridine rings is 2. The van der Waals surface area contributed by atoms with Crippen molar-refractivity contribution in [2.24, 2.45) is 0 Å². The van der Waals surface area contributed by atoms with Gasteiger partial charge in [0.2, 0.25) is 0 Å². The lowest BCUT2D eigenvalue weighted by atomic mass is 10.0. The molecule has 6 aromatic rings. The summed E-state index contributed by atoms with van der Waals surface area (Å²) in [5.74, 6) is 0. The monoisotopic (exact) mass is 430 g/mol. The van der Waals surface area contributed by atoms with Crippen molar-refractivity contribution in [3.8, 4) is 33.6 Å². The van der Waals surface area contributed by atoms with Gasteiger partial charge in [0.1, 0.15) is 5.69 Å². The van der Waals surface area contributed by atoms with E-state index in [4.69, 9.17) is 0 Å². The van der Waals surface area contributed by atoms with Crippen LogP contribution in [0.2, 0.25) is 0 Å². The molecular formula is C27H22N6. The summed E-state index contributed by atoms with van der Waals surface area (Å²) in [6, 6.07) is 21.0. The third kappa shape index (κ3) is 3.32. The molecule has 0 amide bonds. The smallest absolute Gasteiger partial charge is 0.116 e. The maximum Gasteiger partial charge on any atom is 0.116 e.